The summed E-state index contributed by atoms with van der Waals surface area (Å²) in [5.74, 6) is -0.0588. The summed E-state index contributed by atoms with van der Waals surface area (Å²) in [6, 6.07) is 7.72. The van der Waals surface area contributed by atoms with Crippen molar-refractivity contribution < 1.29 is 17.3 Å². The van der Waals surface area contributed by atoms with Crippen LogP contribution in [-0.4, -0.2) is 27.7 Å². The summed E-state index contributed by atoms with van der Waals surface area (Å²) in [7, 11) is -3.51. The van der Waals surface area contributed by atoms with E-state index >= 15 is 0 Å². The second-order valence-electron chi connectivity index (χ2n) is 5.18. The topological polar surface area (TPSA) is 52.6 Å². The van der Waals surface area contributed by atoms with Crippen LogP contribution >= 0.6 is 0 Å². The molecule has 5 heteroatoms. The molecule has 0 saturated carbocycles. The van der Waals surface area contributed by atoms with E-state index in [0.717, 1.165) is 18.4 Å². The fraction of sp³-hybridized carbons (Fsp3) is 0.600. The molecule has 1 aliphatic heterocycles. The van der Waals surface area contributed by atoms with E-state index in [4.69, 9.17) is 8.92 Å². The van der Waals surface area contributed by atoms with Crippen LogP contribution in [0, 0.1) is 0 Å². The average molecular weight is 298 g/mol. The Morgan fingerprint density at radius 2 is 1.75 bits per heavy atom. The minimum atomic E-state index is -3.51. The number of rotatable bonds is 6. The molecule has 2 rings (SSSR count). The largest absolute Gasteiger partial charge is 0.381 e. The van der Waals surface area contributed by atoms with Crippen LogP contribution in [0.5, 0.6) is 0 Å². The van der Waals surface area contributed by atoms with Gasteiger partial charge in [0.05, 0.1) is 6.10 Å². The van der Waals surface area contributed by atoms with Crippen LogP contribution in [-0.2, 0) is 31.2 Å². The van der Waals surface area contributed by atoms with Gasteiger partial charge in [0, 0.05) is 13.2 Å². The summed E-state index contributed by atoms with van der Waals surface area (Å²) in [4.78, 5) is 0. The smallest absolute Gasteiger partial charge is 0.271 e. The summed E-state index contributed by atoms with van der Waals surface area (Å²) in [5.41, 5.74) is 2.01. The summed E-state index contributed by atoms with van der Waals surface area (Å²) in [6.07, 6.45) is 3.17. The molecule has 1 aromatic carbocycles. The highest BCUT2D eigenvalue weighted by Crippen LogP contribution is 2.17. The molecule has 1 fully saturated rings. The molecule has 0 N–H and O–H groups in total. The van der Waals surface area contributed by atoms with Crippen LogP contribution < -0.4 is 0 Å². The zero-order valence-electron chi connectivity index (χ0n) is 11.9. The zero-order chi connectivity index (χ0) is 14.4. The molecule has 1 aromatic rings. The molecule has 1 heterocycles. The van der Waals surface area contributed by atoms with Crippen LogP contribution in [0.15, 0.2) is 24.3 Å². The molecule has 0 spiro atoms. The fourth-order valence-electron chi connectivity index (χ4n) is 2.31. The average Bonchev–Trinajstić information content (AvgIpc) is 2.41. The standard InChI is InChI=1S/C15H22O4S/c1-2-3-13-4-6-14(7-5-13)12-20(16,17)19-15-8-10-18-11-9-15/h4-7,15H,2-3,8-12H2,1H3. The van der Waals surface area contributed by atoms with E-state index in [9.17, 15) is 8.42 Å². The zero-order valence-corrected chi connectivity index (χ0v) is 12.7. The van der Waals surface area contributed by atoms with E-state index in [1.165, 1.54) is 5.56 Å². The summed E-state index contributed by atoms with van der Waals surface area (Å²) < 4.78 is 34.5. The summed E-state index contributed by atoms with van der Waals surface area (Å²) in [6.45, 7) is 3.28. The lowest BCUT2D eigenvalue weighted by molar-refractivity contribution is 0.0283. The third-order valence-electron chi connectivity index (χ3n) is 3.36. The van der Waals surface area contributed by atoms with E-state index in [0.29, 0.717) is 26.1 Å². The Bertz CT molecular complexity index is 501. The first-order valence-corrected chi connectivity index (χ1v) is 8.73. The van der Waals surface area contributed by atoms with Crippen LogP contribution in [0.25, 0.3) is 0 Å². The lowest BCUT2D eigenvalue weighted by Crippen LogP contribution is -2.26. The molecule has 0 atom stereocenters. The highest BCUT2D eigenvalue weighted by atomic mass is 32.2. The Morgan fingerprint density at radius 1 is 1.15 bits per heavy atom. The normalized spacial score (nSPS) is 17.2. The molecule has 1 saturated heterocycles. The van der Waals surface area contributed by atoms with Gasteiger partial charge in [-0.25, -0.2) is 0 Å². The first-order valence-electron chi connectivity index (χ1n) is 7.15. The molecule has 0 aromatic heterocycles. The lowest BCUT2D eigenvalue weighted by atomic mass is 10.1. The Kier molecular flexibility index (Phi) is 5.57. The molecule has 0 bridgehead atoms. The van der Waals surface area contributed by atoms with E-state index < -0.39 is 10.1 Å². The Hall–Kier alpha value is -0.910. The van der Waals surface area contributed by atoms with Gasteiger partial charge in [0.15, 0.2) is 0 Å². The summed E-state index contributed by atoms with van der Waals surface area (Å²) >= 11 is 0. The highest BCUT2D eigenvalue weighted by molar-refractivity contribution is 7.85. The molecule has 0 radical (unpaired) electrons. The second-order valence-corrected chi connectivity index (χ2v) is 6.77. The monoisotopic (exact) mass is 298 g/mol. The van der Waals surface area contributed by atoms with Gasteiger partial charge in [-0.05, 0) is 30.4 Å². The number of ether oxygens (including phenoxy) is 1. The van der Waals surface area contributed by atoms with Gasteiger partial charge in [0.2, 0.25) is 0 Å². The van der Waals surface area contributed by atoms with Crippen molar-refractivity contribution in [2.24, 2.45) is 0 Å². The maximum absolute atomic E-state index is 12.0. The third kappa shape index (κ3) is 4.89. The molecule has 4 nitrogen and oxygen atoms in total. The van der Waals surface area contributed by atoms with Gasteiger partial charge < -0.3 is 4.74 Å². The Labute approximate surface area is 121 Å². The fourth-order valence-corrected chi connectivity index (χ4v) is 3.58. The molecule has 1 aliphatic rings. The predicted octanol–water partition coefficient (Wildman–Crippen LogP) is 2.66. The van der Waals surface area contributed by atoms with Gasteiger partial charge in [-0.15, -0.1) is 0 Å². The Balaban J connectivity index is 1.93. The molecular weight excluding hydrogens is 276 g/mol. The van der Waals surface area contributed by atoms with E-state index in [2.05, 4.69) is 6.92 Å². The molecule has 112 valence electrons. The van der Waals surface area contributed by atoms with Crippen molar-refractivity contribution in [2.45, 2.75) is 44.5 Å². The van der Waals surface area contributed by atoms with Crippen molar-refractivity contribution in [3.8, 4) is 0 Å². The van der Waals surface area contributed by atoms with Gasteiger partial charge >= 0.3 is 0 Å². The highest BCUT2D eigenvalue weighted by Gasteiger charge is 2.22. The van der Waals surface area contributed by atoms with Gasteiger partial charge in [0.25, 0.3) is 10.1 Å². The lowest BCUT2D eigenvalue weighted by Gasteiger charge is -2.21. The van der Waals surface area contributed by atoms with Gasteiger partial charge in [-0.3, -0.25) is 4.18 Å². The summed E-state index contributed by atoms with van der Waals surface area (Å²) in [5, 5.41) is 0. The van der Waals surface area contributed by atoms with E-state index in [1.807, 2.05) is 24.3 Å². The molecule has 0 unspecified atom stereocenters. The van der Waals surface area contributed by atoms with Gasteiger partial charge in [-0.1, -0.05) is 37.6 Å². The Morgan fingerprint density at radius 3 is 2.35 bits per heavy atom. The minimum Gasteiger partial charge on any atom is -0.381 e. The molecular formula is C15H22O4S. The maximum atomic E-state index is 12.0. The van der Waals surface area contributed by atoms with Crippen molar-refractivity contribution in [3.05, 3.63) is 35.4 Å². The maximum Gasteiger partial charge on any atom is 0.271 e. The van der Waals surface area contributed by atoms with Crippen molar-refractivity contribution in [1.29, 1.82) is 0 Å². The number of benzene rings is 1. The van der Waals surface area contributed by atoms with Crippen molar-refractivity contribution >= 4 is 10.1 Å². The van der Waals surface area contributed by atoms with Crippen LogP contribution in [0.4, 0.5) is 0 Å². The first kappa shape index (κ1) is 15.5. The van der Waals surface area contributed by atoms with Crippen LogP contribution in [0.2, 0.25) is 0 Å². The van der Waals surface area contributed by atoms with Crippen molar-refractivity contribution in [3.63, 3.8) is 0 Å². The molecule has 0 aliphatic carbocycles. The molecule has 0 amide bonds. The minimum absolute atomic E-state index is 0.0588. The number of aryl methyl sites for hydroxylation is 1. The van der Waals surface area contributed by atoms with Crippen molar-refractivity contribution in [1.82, 2.24) is 0 Å². The first-order chi connectivity index (χ1) is 9.59. The third-order valence-corrected chi connectivity index (χ3v) is 4.61. The van der Waals surface area contributed by atoms with E-state index in [1.54, 1.807) is 0 Å². The van der Waals surface area contributed by atoms with Gasteiger partial charge in [-0.2, -0.15) is 8.42 Å². The predicted molar refractivity (Wildman–Crippen MR) is 78.0 cm³/mol. The molecule has 20 heavy (non-hydrogen) atoms. The van der Waals surface area contributed by atoms with Crippen molar-refractivity contribution in [2.75, 3.05) is 13.2 Å². The quantitative estimate of drug-likeness (QED) is 0.758. The SMILES string of the molecule is CCCc1ccc(CS(=O)(=O)OC2CCOCC2)cc1. The number of hydrogen-bond acceptors (Lipinski definition) is 4. The van der Waals surface area contributed by atoms with E-state index in [-0.39, 0.29) is 11.9 Å². The second kappa shape index (κ2) is 7.20. The van der Waals surface area contributed by atoms with Gasteiger partial charge in [0.1, 0.15) is 5.75 Å². The van der Waals surface area contributed by atoms with Crippen LogP contribution in [0.1, 0.15) is 37.3 Å². The number of hydrogen-bond donors (Lipinski definition) is 0. The van der Waals surface area contributed by atoms with Crippen LogP contribution in [0.3, 0.4) is 0 Å².